The molecule has 2 aliphatic heterocycles. The Morgan fingerprint density at radius 2 is 0.781 bits per heavy atom. The summed E-state index contributed by atoms with van der Waals surface area (Å²) in [5.74, 6) is 0. The first-order chi connectivity index (χ1) is 15.3. The summed E-state index contributed by atoms with van der Waals surface area (Å²) < 4.78 is 0. The van der Waals surface area contributed by atoms with E-state index in [0.717, 1.165) is 36.2 Å². The normalized spacial score (nSPS) is 15.7. The molecule has 0 saturated heterocycles. The predicted molar refractivity (Wildman–Crippen MR) is 138 cm³/mol. The minimum Gasteiger partial charge on any atom is -0.370 e. The van der Waals surface area contributed by atoms with E-state index in [9.17, 15) is 0 Å². The van der Waals surface area contributed by atoms with Gasteiger partial charge in [0, 0.05) is 87.2 Å². The molecule has 2 aliphatic rings. The van der Waals surface area contributed by atoms with Crippen LogP contribution in [0.5, 0.6) is 0 Å². The van der Waals surface area contributed by atoms with Gasteiger partial charge < -0.3 is 19.6 Å². The van der Waals surface area contributed by atoms with Gasteiger partial charge >= 0.3 is 0 Å². The van der Waals surface area contributed by atoms with Crippen LogP contribution in [-0.4, -0.2) is 28.2 Å². The van der Waals surface area contributed by atoms with Gasteiger partial charge in [-0.1, -0.05) is 23.2 Å². The van der Waals surface area contributed by atoms with Crippen molar-refractivity contribution in [3.8, 4) is 0 Å². The van der Waals surface area contributed by atoms with Gasteiger partial charge in [0.2, 0.25) is 0 Å². The SMILES string of the molecule is CN1Cc2cc3c(cc2N(C)Cc2cc(Cl)ccc21)CN(C)c1ccc(Cl)cc1CN3C. The lowest BCUT2D eigenvalue weighted by atomic mass is 9.99. The smallest absolute Gasteiger partial charge is 0.0447 e. The van der Waals surface area contributed by atoms with E-state index in [1.165, 1.54) is 45.0 Å². The fraction of sp³-hybridized carbons (Fsp3) is 0.308. The Balaban J connectivity index is 1.59. The molecule has 0 aromatic heterocycles. The van der Waals surface area contributed by atoms with Gasteiger partial charge in [0.15, 0.2) is 0 Å². The van der Waals surface area contributed by atoms with Gasteiger partial charge in [-0.05, 0) is 70.8 Å². The van der Waals surface area contributed by atoms with Crippen molar-refractivity contribution in [3.05, 3.63) is 80.8 Å². The van der Waals surface area contributed by atoms with E-state index in [0.29, 0.717) is 0 Å². The summed E-state index contributed by atoms with van der Waals surface area (Å²) in [6.45, 7) is 3.32. The molecule has 3 aromatic rings. The zero-order valence-corrected chi connectivity index (χ0v) is 20.5. The molecule has 5 rings (SSSR count). The molecule has 0 N–H and O–H groups in total. The Bertz CT molecular complexity index is 1100. The summed E-state index contributed by atoms with van der Waals surface area (Å²) in [7, 11) is 8.67. The van der Waals surface area contributed by atoms with Crippen LogP contribution in [0.3, 0.4) is 0 Å². The zero-order chi connectivity index (χ0) is 22.6. The highest BCUT2D eigenvalue weighted by atomic mass is 35.5. The number of nitrogens with zero attached hydrogens (tertiary/aromatic N) is 4. The van der Waals surface area contributed by atoms with Crippen molar-refractivity contribution in [2.24, 2.45) is 0 Å². The molecule has 0 bridgehead atoms. The summed E-state index contributed by atoms with van der Waals surface area (Å²) in [4.78, 5) is 9.36. The zero-order valence-electron chi connectivity index (χ0n) is 19.0. The van der Waals surface area contributed by atoms with E-state index in [-0.39, 0.29) is 0 Å². The summed E-state index contributed by atoms with van der Waals surface area (Å²) in [6.07, 6.45) is 0. The lowest BCUT2D eigenvalue weighted by Crippen LogP contribution is -2.30. The number of rotatable bonds is 0. The van der Waals surface area contributed by atoms with E-state index in [1.54, 1.807) is 0 Å². The Hall–Kier alpha value is -2.56. The molecule has 0 fully saturated rings. The van der Waals surface area contributed by atoms with Crippen LogP contribution in [0.25, 0.3) is 0 Å². The van der Waals surface area contributed by atoms with Gasteiger partial charge in [-0.2, -0.15) is 0 Å². The Kier molecular flexibility index (Phi) is 5.39. The quantitative estimate of drug-likeness (QED) is 0.392. The molecule has 6 heteroatoms. The fourth-order valence-corrected chi connectivity index (χ4v) is 5.49. The molecule has 0 atom stereocenters. The molecule has 166 valence electrons. The van der Waals surface area contributed by atoms with Crippen molar-refractivity contribution >= 4 is 46.0 Å². The van der Waals surface area contributed by atoms with E-state index in [1.807, 2.05) is 12.1 Å². The summed E-state index contributed by atoms with van der Waals surface area (Å²) in [6, 6.07) is 17.2. The summed E-state index contributed by atoms with van der Waals surface area (Å²) >= 11 is 12.6. The number of halogens is 2. The van der Waals surface area contributed by atoms with Crippen LogP contribution in [0.2, 0.25) is 10.0 Å². The van der Waals surface area contributed by atoms with Crippen molar-refractivity contribution in [3.63, 3.8) is 0 Å². The number of benzene rings is 3. The third kappa shape index (κ3) is 3.76. The number of anilines is 4. The molecule has 0 saturated carbocycles. The molecule has 0 aliphatic carbocycles. The van der Waals surface area contributed by atoms with Crippen molar-refractivity contribution in [1.82, 2.24) is 0 Å². The minimum absolute atomic E-state index is 0.784. The van der Waals surface area contributed by atoms with Crippen LogP contribution in [0, 0.1) is 0 Å². The molecule has 0 unspecified atom stereocenters. The lowest BCUT2D eigenvalue weighted by Gasteiger charge is -2.36. The van der Waals surface area contributed by atoms with Crippen LogP contribution in [0.1, 0.15) is 22.3 Å². The first-order valence-electron chi connectivity index (χ1n) is 10.9. The van der Waals surface area contributed by atoms with Crippen LogP contribution in [-0.2, 0) is 26.2 Å². The third-order valence-electron chi connectivity index (χ3n) is 6.64. The van der Waals surface area contributed by atoms with Crippen LogP contribution in [0.4, 0.5) is 22.7 Å². The molecule has 3 aromatic carbocycles. The van der Waals surface area contributed by atoms with Gasteiger partial charge in [-0.15, -0.1) is 0 Å². The first kappa shape index (κ1) is 21.3. The fourth-order valence-electron chi connectivity index (χ4n) is 5.10. The van der Waals surface area contributed by atoms with Crippen LogP contribution < -0.4 is 19.6 Å². The lowest BCUT2D eigenvalue weighted by molar-refractivity contribution is 0.812. The Morgan fingerprint density at radius 3 is 1.16 bits per heavy atom. The largest absolute Gasteiger partial charge is 0.370 e. The van der Waals surface area contributed by atoms with Crippen molar-refractivity contribution in [2.45, 2.75) is 26.2 Å². The number of hydrogen-bond acceptors (Lipinski definition) is 4. The minimum atomic E-state index is 0.784. The van der Waals surface area contributed by atoms with E-state index in [2.05, 4.69) is 84.2 Å². The molecular weight excluding hydrogens is 439 g/mol. The van der Waals surface area contributed by atoms with E-state index >= 15 is 0 Å². The van der Waals surface area contributed by atoms with E-state index < -0.39 is 0 Å². The van der Waals surface area contributed by atoms with Crippen molar-refractivity contribution in [2.75, 3.05) is 47.8 Å². The predicted octanol–water partition coefficient (Wildman–Crippen LogP) is 6.17. The second-order valence-corrected chi connectivity index (χ2v) is 9.95. The van der Waals surface area contributed by atoms with Crippen molar-refractivity contribution < 1.29 is 0 Å². The summed E-state index contributed by atoms with van der Waals surface area (Å²) in [5.41, 5.74) is 10.2. The van der Waals surface area contributed by atoms with Crippen LogP contribution >= 0.6 is 23.2 Å². The molecule has 0 spiro atoms. The average Bonchev–Trinajstić information content (AvgIpc) is 2.72. The van der Waals surface area contributed by atoms with Gasteiger partial charge in [-0.3, -0.25) is 0 Å². The average molecular weight is 467 g/mol. The van der Waals surface area contributed by atoms with Crippen LogP contribution in [0.15, 0.2) is 48.5 Å². The molecule has 32 heavy (non-hydrogen) atoms. The van der Waals surface area contributed by atoms with E-state index in [4.69, 9.17) is 23.2 Å². The highest BCUT2D eigenvalue weighted by Gasteiger charge is 2.24. The maximum Gasteiger partial charge on any atom is 0.0447 e. The van der Waals surface area contributed by atoms with Gasteiger partial charge in [-0.25, -0.2) is 0 Å². The van der Waals surface area contributed by atoms with Gasteiger partial charge in [0.1, 0.15) is 0 Å². The molecule has 0 radical (unpaired) electrons. The standard InChI is InChI=1S/C26H28Cl2N4/c1-29-15-19-11-26-20(12-25(19)31(3)13-17-9-21(27)5-7-23(17)29)16-30(2)24-8-6-22(28)10-18(24)14-32(26)4/h5-12H,13-16H2,1-4H3. The monoisotopic (exact) mass is 466 g/mol. The molecular formula is C26H28Cl2N4. The topological polar surface area (TPSA) is 13.0 Å². The maximum atomic E-state index is 6.32. The molecule has 0 amide bonds. The second kappa shape index (κ2) is 8.09. The summed E-state index contributed by atoms with van der Waals surface area (Å²) in [5, 5.41) is 1.57. The van der Waals surface area contributed by atoms with Gasteiger partial charge in [0.05, 0.1) is 0 Å². The van der Waals surface area contributed by atoms with Gasteiger partial charge in [0.25, 0.3) is 0 Å². The second-order valence-electron chi connectivity index (χ2n) is 9.08. The Morgan fingerprint density at radius 1 is 0.469 bits per heavy atom. The highest BCUT2D eigenvalue weighted by Crippen LogP contribution is 2.39. The highest BCUT2D eigenvalue weighted by molar-refractivity contribution is 6.31. The number of fused-ring (bicyclic) bond motifs is 4. The first-order valence-corrected chi connectivity index (χ1v) is 11.6. The third-order valence-corrected chi connectivity index (χ3v) is 7.11. The Labute approximate surface area is 200 Å². The maximum absolute atomic E-state index is 6.32. The number of hydrogen-bond donors (Lipinski definition) is 0. The molecule has 2 heterocycles. The molecule has 4 nitrogen and oxygen atoms in total. The van der Waals surface area contributed by atoms with Crippen molar-refractivity contribution in [1.29, 1.82) is 0 Å².